The molecule has 1 N–H and O–H groups in total. The number of nitrogens with one attached hydrogen (secondary N) is 1. The third-order valence-corrected chi connectivity index (χ3v) is 5.17. The van der Waals surface area contributed by atoms with E-state index in [-0.39, 0.29) is 5.91 Å². The van der Waals surface area contributed by atoms with Gasteiger partial charge in [-0.3, -0.25) is 4.79 Å². The fourth-order valence-electron chi connectivity index (χ4n) is 2.35. The summed E-state index contributed by atoms with van der Waals surface area (Å²) in [7, 11) is 0. The second kappa shape index (κ2) is 5.24. The summed E-state index contributed by atoms with van der Waals surface area (Å²) < 4.78 is 0. The lowest BCUT2D eigenvalue weighted by molar-refractivity contribution is 0.0942. The zero-order valence-electron chi connectivity index (χ0n) is 10.0. The molecule has 4 heteroatoms. The number of amides is 1. The molecule has 0 radical (unpaired) electrons. The molecule has 18 heavy (non-hydrogen) atoms. The highest BCUT2D eigenvalue weighted by atomic mass is 32.1. The van der Waals surface area contributed by atoms with Crippen molar-refractivity contribution < 1.29 is 4.79 Å². The molecular formula is C14H15NOS2. The van der Waals surface area contributed by atoms with E-state index in [1.165, 1.54) is 29.1 Å². The van der Waals surface area contributed by atoms with Crippen LogP contribution in [0.25, 0.3) is 10.4 Å². The molecule has 2 aromatic rings. The lowest BCUT2D eigenvalue weighted by atomic mass is 10.2. The minimum Gasteiger partial charge on any atom is -0.349 e. The van der Waals surface area contributed by atoms with Gasteiger partial charge >= 0.3 is 0 Å². The average molecular weight is 277 g/mol. The van der Waals surface area contributed by atoms with Crippen LogP contribution < -0.4 is 5.32 Å². The van der Waals surface area contributed by atoms with E-state index < -0.39 is 0 Å². The maximum absolute atomic E-state index is 12.1. The summed E-state index contributed by atoms with van der Waals surface area (Å²) in [6, 6.07) is 6.52. The Morgan fingerprint density at radius 3 is 2.83 bits per heavy atom. The van der Waals surface area contributed by atoms with Gasteiger partial charge in [0.25, 0.3) is 5.91 Å². The molecule has 0 bridgehead atoms. The molecule has 0 saturated heterocycles. The van der Waals surface area contributed by atoms with Crippen LogP contribution in [0.2, 0.25) is 0 Å². The number of rotatable bonds is 3. The first kappa shape index (κ1) is 11.9. The predicted molar refractivity (Wildman–Crippen MR) is 77.4 cm³/mol. The van der Waals surface area contributed by atoms with Crippen LogP contribution in [0.1, 0.15) is 35.4 Å². The van der Waals surface area contributed by atoms with Crippen molar-refractivity contribution in [1.29, 1.82) is 0 Å². The van der Waals surface area contributed by atoms with Crippen molar-refractivity contribution >= 4 is 28.6 Å². The van der Waals surface area contributed by atoms with Crippen molar-refractivity contribution in [2.45, 2.75) is 31.7 Å². The minimum absolute atomic E-state index is 0.0923. The molecule has 0 aromatic carbocycles. The highest BCUT2D eigenvalue weighted by Crippen LogP contribution is 2.29. The Balaban J connectivity index is 1.70. The summed E-state index contributed by atoms with van der Waals surface area (Å²) in [4.78, 5) is 14.1. The summed E-state index contributed by atoms with van der Waals surface area (Å²) in [6.07, 6.45) is 4.76. The summed E-state index contributed by atoms with van der Waals surface area (Å²) in [5, 5.41) is 7.25. The van der Waals surface area contributed by atoms with Crippen molar-refractivity contribution in [1.82, 2.24) is 5.32 Å². The maximum Gasteiger partial charge on any atom is 0.261 e. The van der Waals surface area contributed by atoms with Gasteiger partial charge in [-0.15, -0.1) is 22.7 Å². The maximum atomic E-state index is 12.1. The minimum atomic E-state index is 0.0923. The molecule has 0 aliphatic heterocycles. The first-order valence-corrected chi connectivity index (χ1v) is 8.02. The number of thiophene rings is 2. The SMILES string of the molecule is O=C(NC1CCCC1)c1cc(-c2cccs2)cs1. The number of hydrogen-bond donors (Lipinski definition) is 1. The van der Waals surface area contributed by atoms with Crippen LogP contribution in [-0.2, 0) is 0 Å². The first-order chi connectivity index (χ1) is 8.83. The van der Waals surface area contributed by atoms with Crippen LogP contribution in [0.15, 0.2) is 29.0 Å². The Bertz CT molecular complexity index is 524. The van der Waals surface area contributed by atoms with Gasteiger partial charge in [-0.2, -0.15) is 0 Å². The Hall–Kier alpha value is -1.13. The monoisotopic (exact) mass is 277 g/mol. The molecule has 1 aliphatic carbocycles. The van der Waals surface area contributed by atoms with E-state index in [4.69, 9.17) is 0 Å². The standard InChI is InChI=1S/C14H15NOS2/c16-14(15-11-4-1-2-5-11)13-8-10(9-18-13)12-6-3-7-17-12/h3,6-9,11H,1-2,4-5H2,(H,15,16). The molecule has 1 amide bonds. The molecule has 2 nitrogen and oxygen atoms in total. The zero-order chi connectivity index (χ0) is 12.4. The largest absolute Gasteiger partial charge is 0.349 e. The molecule has 3 rings (SSSR count). The highest BCUT2D eigenvalue weighted by Gasteiger charge is 2.19. The summed E-state index contributed by atoms with van der Waals surface area (Å²) in [5.74, 6) is 0.0923. The Labute approximate surface area is 115 Å². The second-order valence-corrected chi connectivity index (χ2v) is 6.49. The first-order valence-electron chi connectivity index (χ1n) is 6.26. The van der Waals surface area contributed by atoms with E-state index in [9.17, 15) is 4.79 Å². The van der Waals surface area contributed by atoms with Gasteiger partial charge < -0.3 is 5.32 Å². The highest BCUT2D eigenvalue weighted by molar-refractivity contribution is 7.15. The van der Waals surface area contributed by atoms with Crippen LogP contribution in [-0.4, -0.2) is 11.9 Å². The van der Waals surface area contributed by atoms with Crippen molar-refractivity contribution in [3.8, 4) is 10.4 Å². The van der Waals surface area contributed by atoms with Crippen molar-refractivity contribution in [2.24, 2.45) is 0 Å². The Morgan fingerprint density at radius 1 is 1.28 bits per heavy atom. The third kappa shape index (κ3) is 2.49. The topological polar surface area (TPSA) is 29.1 Å². The van der Waals surface area contributed by atoms with Crippen molar-refractivity contribution in [3.63, 3.8) is 0 Å². The average Bonchev–Trinajstić information content (AvgIpc) is 3.11. The molecule has 1 aliphatic rings. The van der Waals surface area contributed by atoms with Crippen LogP contribution in [0, 0.1) is 0 Å². The Kier molecular flexibility index (Phi) is 3.48. The van der Waals surface area contributed by atoms with Gasteiger partial charge in [0, 0.05) is 21.9 Å². The van der Waals surface area contributed by atoms with Gasteiger partial charge in [-0.1, -0.05) is 18.9 Å². The van der Waals surface area contributed by atoms with E-state index in [1.54, 1.807) is 11.3 Å². The van der Waals surface area contributed by atoms with Gasteiger partial charge in [-0.05, 0) is 30.4 Å². The van der Waals surface area contributed by atoms with Gasteiger partial charge in [0.05, 0.1) is 4.88 Å². The lowest BCUT2D eigenvalue weighted by Crippen LogP contribution is -2.31. The predicted octanol–water partition coefficient (Wildman–Crippen LogP) is 4.15. The summed E-state index contributed by atoms with van der Waals surface area (Å²) in [5.41, 5.74) is 1.16. The van der Waals surface area contributed by atoms with E-state index in [0.717, 1.165) is 23.3 Å². The molecule has 0 unspecified atom stereocenters. The van der Waals surface area contributed by atoms with Crippen LogP contribution >= 0.6 is 22.7 Å². The fourth-order valence-corrected chi connectivity index (χ4v) is 3.95. The number of carbonyl (C=O) groups excluding carboxylic acids is 1. The summed E-state index contributed by atoms with van der Waals surface area (Å²) >= 11 is 3.24. The lowest BCUT2D eigenvalue weighted by Gasteiger charge is -2.10. The van der Waals surface area contributed by atoms with Gasteiger partial charge in [-0.25, -0.2) is 0 Å². The normalized spacial score (nSPS) is 16.0. The Morgan fingerprint density at radius 2 is 2.11 bits per heavy atom. The molecule has 0 spiro atoms. The summed E-state index contributed by atoms with van der Waals surface area (Å²) in [6.45, 7) is 0. The molecule has 1 fully saturated rings. The van der Waals surface area contributed by atoms with Crippen LogP contribution in [0.4, 0.5) is 0 Å². The number of hydrogen-bond acceptors (Lipinski definition) is 3. The van der Waals surface area contributed by atoms with Gasteiger partial charge in [0.15, 0.2) is 0 Å². The fraction of sp³-hybridized carbons (Fsp3) is 0.357. The molecule has 94 valence electrons. The van der Waals surface area contributed by atoms with E-state index >= 15 is 0 Å². The van der Waals surface area contributed by atoms with E-state index in [2.05, 4.69) is 22.1 Å². The van der Waals surface area contributed by atoms with Crippen LogP contribution in [0.3, 0.4) is 0 Å². The molecule has 1 saturated carbocycles. The quantitative estimate of drug-likeness (QED) is 0.897. The van der Waals surface area contributed by atoms with Crippen molar-refractivity contribution in [3.05, 3.63) is 33.8 Å². The molecule has 0 atom stereocenters. The number of carbonyl (C=O) groups is 1. The van der Waals surface area contributed by atoms with E-state index in [0.29, 0.717) is 6.04 Å². The zero-order valence-corrected chi connectivity index (χ0v) is 11.7. The van der Waals surface area contributed by atoms with Gasteiger partial charge in [0.2, 0.25) is 0 Å². The van der Waals surface area contributed by atoms with Crippen LogP contribution in [0.5, 0.6) is 0 Å². The smallest absolute Gasteiger partial charge is 0.261 e. The van der Waals surface area contributed by atoms with Gasteiger partial charge in [0.1, 0.15) is 0 Å². The molecule has 2 aromatic heterocycles. The molecular weight excluding hydrogens is 262 g/mol. The van der Waals surface area contributed by atoms with E-state index in [1.807, 2.05) is 12.1 Å². The molecule has 2 heterocycles. The van der Waals surface area contributed by atoms with Crippen molar-refractivity contribution in [2.75, 3.05) is 0 Å². The second-order valence-electron chi connectivity index (χ2n) is 4.63. The third-order valence-electron chi connectivity index (χ3n) is 3.32.